The van der Waals surface area contributed by atoms with E-state index in [-0.39, 0.29) is 11.8 Å². The molecule has 2 aromatic carbocycles. The molecule has 1 amide bonds. The predicted octanol–water partition coefficient (Wildman–Crippen LogP) is 5.27. The van der Waals surface area contributed by atoms with Gasteiger partial charge in [0.25, 0.3) is 5.91 Å². The number of carbonyl (C=O) groups excluding carboxylic acids is 1. The van der Waals surface area contributed by atoms with Crippen molar-refractivity contribution in [1.29, 1.82) is 5.26 Å². The number of benzene rings is 2. The molecule has 1 aromatic heterocycles. The number of hydrogen-bond donors (Lipinski definition) is 1. The second-order valence-electron chi connectivity index (χ2n) is 7.02. The third kappa shape index (κ3) is 4.00. The van der Waals surface area contributed by atoms with Crippen LogP contribution < -0.4 is 0 Å². The van der Waals surface area contributed by atoms with Crippen LogP contribution in [0.1, 0.15) is 40.5 Å². The first kappa shape index (κ1) is 19.5. The predicted molar refractivity (Wildman–Crippen MR) is 113 cm³/mol. The molecule has 1 aliphatic heterocycles. The molecule has 2 heterocycles. The number of amides is 1. The number of hydrogen-bond acceptors (Lipinski definition) is 3. The highest BCUT2D eigenvalue weighted by atomic mass is 35.5. The maximum absolute atomic E-state index is 12.8. The Bertz CT molecular complexity index is 1090. The first-order chi connectivity index (χ1) is 14.1. The highest BCUT2D eigenvalue weighted by molar-refractivity contribution is 6.42. The summed E-state index contributed by atoms with van der Waals surface area (Å²) in [4.78, 5) is 22.6. The van der Waals surface area contributed by atoms with Gasteiger partial charge < -0.3 is 9.88 Å². The molecule has 0 unspecified atom stereocenters. The lowest BCUT2D eigenvalue weighted by molar-refractivity contribution is 0.0711. The summed E-state index contributed by atoms with van der Waals surface area (Å²) in [5.74, 6) is 1.08. The second kappa shape index (κ2) is 8.28. The average molecular weight is 425 g/mol. The molecule has 0 atom stereocenters. The van der Waals surface area contributed by atoms with Crippen molar-refractivity contribution in [3.63, 3.8) is 0 Å². The lowest BCUT2D eigenvalue weighted by Gasteiger charge is -2.31. The highest BCUT2D eigenvalue weighted by Crippen LogP contribution is 2.31. The van der Waals surface area contributed by atoms with Gasteiger partial charge in [-0.2, -0.15) is 5.26 Å². The van der Waals surface area contributed by atoms with E-state index in [2.05, 4.69) is 11.1 Å². The van der Waals surface area contributed by atoms with Gasteiger partial charge in [0.2, 0.25) is 0 Å². The van der Waals surface area contributed by atoms with E-state index in [9.17, 15) is 10.1 Å². The second-order valence-corrected chi connectivity index (χ2v) is 7.84. The zero-order valence-electron chi connectivity index (χ0n) is 15.5. The first-order valence-corrected chi connectivity index (χ1v) is 10.1. The Morgan fingerprint density at radius 1 is 1.14 bits per heavy atom. The van der Waals surface area contributed by atoms with E-state index in [1.165, 1.54) is 0 Å². The number of halogens is 2. The van der Waals surface area contributed by atoms with Crippen LogP contribution in [0.25, 0.3) is 11.3 Å². The molecule has 1 fully saturated rings. The van der Waals surface area contributed by atoms with E-state index < -0.39 is 0 Å². The van der Waals surface area contributed by atoms with Crippen LogP contribution in [0.2, 0.25) is 10.0 Å². The summed E-state index contributed by atoms with van der Waals surface area (Å²) in [6, 6.07) is 14.5. The lowest BCUT2D eigenvalue weighted by Crippen LogP contribution is -2.38. The molecule has 0 radical (unpaired) electrons. The van der Waals surface area contributed by atoms with Gasteiger partial charge in [0.05, 0.1) is 32.9 Å². The molecule has 146 valence electrons. The number of nitriles is 1. The van der Waals surface area contributed by atoms with Gasteiger partial charge in [0, 0.05) is 30.8 Å². The van der Waals surface area contributed by atoms with Gasteiger partial charge in [-0.25, -0.2) is 4.98 Å². The molecular weight excluding hydrogens is 407 g/mol. The molecule has 0 saturated carbocycles. The molecule has 1 saturated heterocycles. The largest absolute Gasteiger partial charge is 0.348 e. The van der Waals surface area contributed by atoms with E-state index in [1.54, 1.807) is 36.4 Å². The topological polar surface area (TPSA) is 72.8 Å². The fraction of sp³-hybridized carbons (Fsp3) is 0.227. The molecule has 4 rings (SSSR count). The number of likely N-dealkylation sites (tertiary alicyclic amines) is 1. The van der Waals surface area contributed by atoms with Gasteiger partial charge in [-0.05, 0) is 37.1 Å². The summed E-state index contributed by atoms with van der Waals surface area (Å²) in [6.07, 6.45) is 3.50. The fourth-order valence-corrected chi connectivity index (χ4v) is 3.94. The summed E-state index contributed by atoms with van der Waals surface area (Å²) in [6.45, 7) is 1.26. The lowest BCUT2D eigenvalue weighted by atomic mass is 9.95. The molecule has 7 heteroatoms. The van der Waals surface area contributed by atoms with Gasteiger partial charge >= 0.3 is 0 Å². The van der Waals surface area contributed by atoms with Crippen molar-refractivity contribution in [3.05, 3.63) is 75.7 Å². The minimum absolute atomic E-state index is 0.0865. The summed E-state index contributed by atoms with van der Waals surface area (Å²) in [7, 11) is 0. The van der Waals surface area contributed by atoms with E-state index in [0.29, 0.717) is 34.3 Å². The summed E-state index contributed by atoms with van der Waals surface area (Å²) < 4.78 is 0. The van der Waals surface area contributed by atoms with Crippen molar-refractivity contribution in [1.82, 2.24) is 14.9 Å². The van der Waals surface area contributed by atoms with Crippen molar-refractivity contribution in [2.24, 2.45) is 0 Å². The Hall–Kier alpha value is -2.81. The summed E-state index contributed by atoms with van der Waals surface area (Å²) >= 11 is 12.1. The van der Waals surface area contributed by atoms with Crippen molar-refractivity contribution >= 4 is 29.1 Å². The van der Waals surface area contributed by atoms with Crippen LogP contribution in [0, 0.1) is 11.3 Å². The number of rotatable bonds is 3. The van der Waals surface area contributed by atoms with Crippen LogP contribution in [0.4, 0.5) is 0 Å². The summed E-state index contributed by atoms with van der Waals surface area (Å²) in [5, 5.41) is 10.2. The van der Waals surface area contributed by atoms with Crippen molar-refractivity contribution < 1.29 is 4.79 Å². The Kier molecular flexibility index (Phi) is 5.57. The van der Waals surface area contributed by atoms with E-state index in [0.717, 1.165) is 29.9 Å². The molecule has 5 nitrogen and oxygen atoms in total. The van der Waals surface area contributed by atoms with Gasteiger partial charge in [0.1, 0.15) is 5.82 Å². The fourth-order valence-electron chi connectivity index (χ4n) is 3.64. The first-order valence-electron chi connectivity index (χ1n) is 9.36. The van der Waals surface area contributed by atoms with Crippen LogP contribution in [0.15, 0.2) is 48.7 Å². The SMILES string of the molecule is N#Cc1ccccc1C(=O)N1CCC(c2nc(-c3ccc(Cl)c(Cl)c3)c[nH]2)CC1. The molecule has 0 aliphatic carbocycles. The van der Waals surface area contributed by atoms with Gasteiger partial charge in [-0.1, -0.05) is 41.4 Å². The van der Waals surface area contributed by atoms with E-state index in [4.69, 9.17) is 28.2 Å². The van der Waals surface area contributed by atoms with Crippen molar-refractivity contribution in [2.45, 2.75) is 18.8 Å². The van der Waals surface area contributed by atoms with Gasteiger partial charge in [-0.3, -0.25) is 4.79 Å². The number of H-pyrrole nitrogens is 1. The number of aromatic amines is 1. The summed E-state index contributed by atoms with van der Waals surface area (Å²) in [5.41, 5.74) is 2.60. The standard InChI is InChI=1S/C22H18Cl2N4O/c23-18-6-5-15(11-19(18)24)20-13-26-21(27-20)14-7-9-28(10-8-14)22(29)17-4-2-1-3-16(17)12-25/h1-6,11,13-14H,7-10H2,(H,26,27). The molecule has 1 aliphatic rings. The Labute approximate surface area is 178 Å². The van der Waals surface area contributed by atoms with Gasteiger partial charge in [0.15, 0.2) is 0 Å². The average Bonchev–Trinajstić information content (AvgIpc) is 3.25. The van der Waals surface area contributed by atoms with Crippen LogP contribution in [0.3, 0.4) is 0 Å². The Morgan fingerprint density at radius 2 is 1.90 bits per heavy atom. The van der Waals surface area contributed by atoms with Gasteiger partial charge in [-0.15, -0.1) is 0 Å². The number of nitrogens with one attached hydrogen (secondary N) is 1. The normalized spacial score (nSPS) is 14.6. The number of imidazole rings is 1. The zero-order chi connectivity index (χ0) is 20.4. The minimum atomic E-state index is -0.0865. The molecule has 0 bridgehead atoms. The maximum atomic E-state index is 12.8. The molecule has 1 N–H and O–H groups in total. The van der Waals surface area contributed by atoms with Crippen LogP contribution in [0.5, 0.6) is 0 Å². The van der Waals surface area contributed by atoms with Crippen molar-refractivity contribution in [3.8, 4) is 17.3 Å². The molecular formula is C22H18Cl2N4O. The van der Waals surface area contributed by atoms with Crippen LogP contribution in [-0.2, 0) is 0 Å². The van der Waals surface area contributed by atoms with Crippen LogP contribution >= 0.6 is 23.2 Å². The number of piperidine rings is 1. The quantitative estimate of drug-likeness (QED) is 0.621. The Balaban J connectivity index is 1.44. The molecule has 0 spiro atoms. The van der Waals surface area contributed by atoms with E-state index in [1.807, 2.05) is 17.2 Å². The number of aromatic nitrogens is 2. The Morgan fingerprint density at radius 3 is 2.62 bits per heavy atom. The monoisotopic (exact) mass is 424 g/mol. The number of carbonyl (C=O) groups is 1. The maximum Gasteiger partial charge on any atom is 0.255 e. The number of nitrogens with zero attached hydrogens (tertiary/aromatic N) is 3. The molecule has 29 heavy (non-hydrogen) atoms. The smallest absolute Gasteiger partial charge is 0.255 e. The van der Waals surface area contributed by atoms with Crippen molar-refractivity contribution in [2.75, 3.05) is 13.1 Å². The molecule has 3 aromatic rings. The zero-order valence-corrected chi connectivity index (χ0v) is 17.0. The highest BCUT2D eigenvalue weighted by Gasteiger charge is 2.27. The van der Waals surface area contributed by atoms with E-state index >= 15 is 0 Å². The minimum Gasteiger partial charge on any atom is -0.348 e. The third-order valence-electron chi connectivity index (χ3n) is 5.26. The van der Waals surface area contributed by atoms with Crippen LogP contribution in [-0.4, -0.2) is 33.9 Å². The third-order valence-corrected chi connectivity index (χ3v) is 6.00.